The zero-order chi connectivity index (χ0) is 18.7. The van der Waals surface area contributed by atoms with Gasteiger partial charge in [0.15, 0.2) is 0 Å². The standard InChI is InChI=1S/C18H18N6O2S/c25-27(26,13-12-24-18-5-2-1-4-17(18)21-22-24)20-14-15-6-8-16(9-7-15)23-11-3-10-19-23/h1-11,20H,12-14H2. The number of hydrogen-bond acceptors (Lipinski definition) is 5. The van der Waals surface area contributed by atoms with Crippen molar-refractivity contribution < 1.29 is 8.42 Å². The van der Waals surface area contributed by atoms with E-state index in [2.05, 4.69) is 20.1 Å². The molecule has 2 aromatic carbocycles. The van der Waals surface area contributed by atoms with Gasteiger partial charge in [-0.15, -0.1) is 5.10 Å². The van der Waals surface area contributed by atoms with Crippen LogP contribution in [-0.4, -0.2) is 38.9 Å². The average molecular weight is 382 g/mol. The molecule has 0 unspecified atom stereocenters. The Morgan fingerprint density at radius 3 is 2.59 bits per heavy atom. The third-order valence-electron chi connectivity index (χ3n) is 4.19. The Morgan fingerprint density at radius 1 is 1.00 bits per heavy atom. The highest BCUT2D eigenvalue weighted by Crippen LogP contribution is 2.11. The number of nitrogens with one attached hydrogen (secondary N) is 1. The molecule has 0 amide bonds. The van der Waals surface area contributed by atoms with Gasteiger partial charge >= 0.3 is 0 Å². The molecule has 0 aliphatic rings. The van der Waals surface area contributed by atoms with Gasteiger partial charge in [-0.05, 0) is 35.9 Å². The fourth-order valence-corrected chi connectivity index (χ4v) is 3.69. The number of nitrogens with zero attached hydrogens (tertiary/aromatic N) is 5. The van der Waals surface area contributed by atoms with E-state index < -0.39 is 10.0 Å². The topological polar surface area (TPSA) is 94.7 Å². The molecule has 0 atom stereocenters. The highest BCUT2D eigenvalue weighted by molar-refractivity contribution is 7.89. The van der Waals surface area contributed by atoms with Crippen molar-refractivity contribution in [2.75, 3.05) is 5.75 Å². The third kappa shape index (κ3) is 4.04. The number of sulfonamides is 1. The summed E-state index contributed by atoms with van der Waals surface area (Å²) in [7, 11) is -3.43. The molecule has 8 nitrogen and oxygen atoms in total. The summed E-state index contributed by atoms with van der Waals surface area (Å²) in [5.41, 5.74) is 3.37. The largest absolute Gasteiger partial charge is 0.244 e. The molecule has 0 aliphatic heterocycles. The molecule has 2 aromatic heterocycles. The van der Waals surface area contributed by atoms with Crippen LogP contribution in [-0.2, 0) is 23.1 Å². The quantitative estimate of drug-likeness (QED) is 0.525. The van der Waals surface area contributed by atoms with Crippen molar-refractivity contribution in [3.63, 3.8) is 0 Å². The van der Waals surface area contributed by atoms with Crippen LogP contribution in [0.3, 0.4) is 0 Å². The fourth-order valence-electron chi connectivity index (χ4n) is 2.74. The maximum Gasteiger partial charge on any atom is 0.213 e. The molecule has 0 saturated heterocycles. The first-order valence-electron chi connectivity index (χ1n) is 8.45. The van der Waals surface area contributed by atoms with Crippen molar-refractivity contribution in [2.24, 2.45) is 0 Å². The number of aryl methyl sites for hydroxylation is 1. The lowest BCUT2D eigenvalue weighted by Gasteiger charge is -2.08. The molecular weight excluding hydrogens is 364 g/mol. The number of aromatic nitrogens is 5. The summed E-state index contributed by atoms with van der Waals surface area (Å²) in [6, 6.07) is 16.9. The van der Waals surface area contributed by atoms with Crippen molar-refractivity contribution in [2.45, 2.75) is 13.1 Å². The first kappa shape index (κ1) is 17.4. The second-order valence-electron chi connectivity index (χ2n) is 6.06. The second-order valence-corrected chi connectivity index (χ2v) is 7.98. The van der Waals surface area contributed by atoms with Gasteiger partial charge in [0, 0.05) is 18.9 Å². The summed E-state index contributed by atoms with van der Waals surface area (Å²) in [5.74, 6) is -0.0638. The lowest BCUT2D eigenvalue weighted by Crippen LogP contribution is -2.28. The number of para-hydroxylation sites is 1. The molecule has 2 heterocycles. The molecule has 0 fully saturated rings. The van der Waals surface area contributed by atoms with Gasteiger partial charge in [0.2, 0.25) is 10.0 Å². The fraction of sp³-hybridized carbons (Fsp3) is 0.167. The smallest absolute Gasteiger partial charge is 0.213 e. The van der Waals surface area contributed by atoms with E-state index in [1.807, 2.05) is 60.8 Å². The van der Waals surface area contributed by atoms with Crippen molar-refractivity contribution in [3.8, 4) is 5.69 Å². The van der Waals surface area contributed by atoms with Crippen molar-refractivity contribution in [3.05, 3.63) is 72.6 Å². The SMILES string of the molecule is O=S(=O)(CCn1nnc2ccccc21)NCc1ccc(-n2cccn2)cc1. The van der Waals surface area contributed by atoms with Gasteiger partial charge in [-0.3, -0.25) is 0 Å². The zero-order valence-corrected chi connectivity index (χ0v) is 15.2. The first-order valence-corrected chi connectivity index (χ1v) is 10.1. The number of rotatable bonds is 7. The van der Waals surface area contributed by atoms with E-state index >= 15 is 0 Å². The maximum absolute atomic E-state index is 12.3. The highest BCUT2D eigenvalue weighted by atomic mass is 32.2. The summed E-state index contributed by atoms with van der Waals surface area (Å²) < 4.78 is 30.6. The molecule has 0 saturated carbocycles. The zero-order valence-electron chi connectivity index (χ0n) is 14.4. The number of hydrogen-bond donors (Lipinski definition) is 1. The van der Waals surface area contributed by atoms with Gasteiger partial charge in [0.1, 0.15) is 5.52 Å². The van der Waals surface area contributed by atoms with Crippen LogP contribution in [0, 0.1) is 0 Å². The van der Waals surface area contributed by atoms with Crippen LogP contribution in [0.4, 0.5) is 0 Å². The lowest BCUT2D eigenvalue weighted by atomic mass is 10.2. The van der Waals surface area contributed by atoms with Crippen LogP contribution < -0.4 is 4.72 Å². The van der Waals surface area contributed by atoms with Crippen LogP contribution in [0.15, 0.2) is 67.0 Å². The van der Waals surface area contributed by atoms with Gasteiger partial charge in [0.05, 0.1) is 23.5 Å². The van der Waals surface area contributed by atoms with E-state index in [0.717, 1.165) is 22.3 Å². The molecule has 1 N–H and O–H groups in total. The Hall–Kier alpha value is -3.04. The van der Waals surface area contributed by atoms with Crippen LogP contribution >= 0.6 is 0 Å². The van der Waals surface area contributed by atoms with Crippen molar-refractivity contribution in [1.82, 2.24) is 29.5 Å². The van der Waals surface area contributed by atoms with E-state index in [4.69, 9.17) is 0 Å². The van der Waals surface area contributed by atoms with Crippen LogP contribution in [0.2, 0.25) is 0 Å². The molecule has 0 bridgehead atoms. The van der Waals surface area contributed by atoms with Gasteiger partial charge < -0.3 is 0 Å². The van der Waals surface area contributed by atoms with E-state index in [1.165, 1.54) is 0 Å². The second kappa shape index (κ2) is 7.29. The lowest BCUT2D eigenvalue weighted by molar-refractivity contribution is 0.566. The summed E-state index contributed by atoms with van der Waals surface area (Å²) in [5, 5.41) is 12.2. The summed E-state index contributed by atoms with van der Waals surface area (Å²) in [4.78, 5) is 0. The minimum absolute atomic E-state index is 0.0638. The molecule has 9 heteroatoms. The normalized spacial score (nSPS) is 11.9. The third-order valence-corrected chi connectivity index (χ3v) is 5.50. The summed E-state index contributed by atoms with van der Waals surface area (Å²) in [6.45, 7) is 0.480. The van der Waals surface area contributed by atoms with Gasteiger partial charge in [-0.25, -0.2) is 22.5 Å². The molecular formula is C18H18N6O2S. The molecule has 0 spiro atoms. The van der Waals surface area contributed by atoms with E-state index in [1.54, 1.807) is 15.6 Å². The van der Waals surface area contributed by atoms with Gasteiger partial charge in [0.25, 0.3) is 0 Å². The first-order chi connectivity index (χ1) is 13.1. The number of fused-ring (bicyclic) bond motifs is 1. The predicted octanol–water partition coefficient (Wildman–Crippen LogP) is 1.74. The Morgan fingerprint density at radius 2 is 1.81 bits per heavy atom. The molecule has 4 rings (SSSR count). The van der Waals surface area contributed by atoms with Crippen molar-refractivity contribution in [1.29, 1.82) is 0 Å². The van der Waals surface area contributed by atoms with Crippen LogP contribution in [0.5, 0.6) is 0 Å². The molecule has 0 radical (unpaired) electrons. The highest BCUT2D eigenvalue weighted by Gasteiger charge is 2.12. The maximum atomic E-state index is 12.3. The Kier molecular flexibility index (Phi) is 4.69. The number of benzene rings is 2. The minimum Gasteiger partial charge on any atom is -0.244 e. The minimum atomic E-state index is -3.43. The Labute approximate surface area is 156 Å². The molecule has 0 aliphatic carbocycles. The van der Waals surface area contributed by atoms with E-state index in [0.29, 0.717) is 0 Å². The summed E-state index contributed by atoms with van der Waals surface area (Å²) >= 11 is 0. The monoisotopic (exact) mass is 382 g/mol. The summed E-state index contributed by atoms with van der Waals surface area (Å²) in [6.07, 6.45) is 3.56. The molecule has 27 heavy (non-hydrogen) atoms. The van der Waals surface area contributed by atoms with Crippen LogP contribution in [0.1, 0.15) is 5.56 Å². The Bertz CT molecular complexity index is 1130. The van der Waals surface area contributed by atoms with Gasteiger partial charge in [-0.2, -0.15) is 5.10 Å². The van der Waals surface area contributed by atoms with Gasteiger partial charge in [-0.1, -0.05) is 29.5 Å². The Balaban J connectivity index is 1.36. The average Bonchev–Trinajstić information content (AvgIpc) is 3.35. The van der Waals surface area contributed by atoms with E-state index in [-0.39, 0.29) is 18.8 Å². The van der Waals surface area contributed by atoms with Crippen molar-refractivity contribution >= 4 is 21.1 Å². The molecule has 138 valence electrons. The van der Waals surface area contributed by atoms with E-state index in [9.17, 15) is 8.42 Å². The van der Waals surface area contributed by atoms with Crippen LogP contribution in [0.25, 0.3) is 16.7 Å². The molecule has 4 aromatic rings. The predicted molar refractivity (Wildman–Crippen MR) is 102 cm³/mol.